The first-order chi connectivity index (χ1) is 15.3. The number of hydrogen-bond donors (Lipinski definition) is 0. The molecule has 8 nitrogen and oxygen atoms in total. The first-order valence-corrected chi connectivity index (χ1v) is 10.8. The van der Waals surface area contributed by atoms with Gasteiger partial charge in [-0.2, -0.15) is 5.10 Å². The Balaban J connectivity index is 1.52. The van der Waals surface area contributed by atoms with E-state index in [2.05, 4.69) is 23.8 Å². The minimum Gasteiger partial charge on any atom is -0.368 e. The van der Waals surface area contributed by atoms with Crippen LogP contribution in [0.5, 0.6) is 0 Å². The fraction of sp³-hybridized carbons (Fsp3) is 0.333. The summed E-state index contributed by atoms with van der Waals surface area (Å²) in [6.45, 7) is 8.52. The zero-order chi connectivity index (χ0) is 22.8. The number of rotatable bonds is 5. The van der Waals surface area contributed by atoms with E-state index in [1.807, 2.05) is 46.8 Å². The standard InChI is InChI=1S/C24H27N5O3/c1-17(2)23-22(16-25-28(23)19-9-7-18(3)8-10-19)24(30)27-13-11-26(12-14-27)20-5-4-6-21(15-20)29(31)32/h4-10,15-17H,11-14H2,1-3H3. The van der Waals surface area contributed by atoms with Crippen molar-refractivity contribution in [3.05, 3.63) is 81.7 Å². The van der Waals surface area contributed by atoms with Crippen molar-refractivity contribution in [1.29, 1.82) is 0 Å². The number of piperazine rings is 1. The molecule has 1 aliphatic heterocycles. The molecule has 32 heavy (non-hydrogen) atoms. The lowest BCUT2D eigenvalue weighted by atomic mass is 10.0. The van der Waals surface area contributed by atoms with Gasteiger partial charge in [0.1, 0.15) is 0 Å². The highest BCUT2D eigenvalue weighted by Crippen LogP contribution is 2.26. The van der Waals surface area contributed by atoms with Crippen LogP contribution in [0.3, 0.4) is 0 Å². The second kappa shape index (κ2) is 8.82. The zero-order valence-electron chi connectivity index (χ0n) is 18.6. The van der Waals surface area contributed by atoms with Gasteiger partial charge in [0.25, 0.3) is 11.6 Å². The first kappa shape index (κ1) is 21.5. The molecule has 1 aromatic heterocycles. The Bertz CT molecular complexity index is 1130. The third kappa shape index (κ3) is 4.21. The SMILES string of the molecule is Cc1ccc(-n2ncc(C(=O)N3CCN(c4cccc([N+](=O)[O-])c4)CC3)c2C(C)C)cc1. The maximum Gasteiger partial charge on any atom is 0.271 e. The fourth-order valence-electron chi connectivity index (χ4n) is 4.11. The van der Waals surface area contributed by atoms with Crippen LogP contribution in [-0.2, 0) is 0 Å². The number of carbonyl (C=O) groups excluding carboxylic acids is 1. The number of aromatic nitrogens is 2. The summed E-state index contributed by atoms with van der Waals surface area (Å²) >= 11 is 0. The van der Waals surface area contributed by atoms with Gasteiger partial charge in [0.2, 0.25) is 0 Å². The minimum atomic E-state index is -0.386. The molecular weight excluding hydrogens is 406 g/mol. The Labute approximate surface area is 187 Å². The van der Waals surface area contributed by atoms with Crippen LogP contribution in [0.4, 0.5) is 11.4 Å². The summed E-state index contributed by atoms with van der Waals surface area (Å²) in [5.74, 6) is 0.106. The summed E-state index contributed by atoms with van der Waals surface area (Å²) in [4.78, 5) is 28.0. The number of carbonyl (C=O) groups is 1. The van der Waals surface area contributed by atoms with Gasteiger partial charge in [-0.15, -0.1) is 0 Å². The van der Waals surface area contributed by atoms with Crippen LogP contribution in [0.1, 0.15) is 41.4 Å². The number of nitro benzene ring substituents is 1. The summed E-state index contributed by atoms with van der Waals surface area (Å²) in [5.41, 5.74) is 4.52. The number of nitro groups is 1. The summed E-state index contributed by atoms with van der Waals surface area (Å²) in [6.07, 6.45) is 1.67. The Kier molecular flexibility index (Phi) is 5.94. The van der Waals surface area contributed by atoms with Crippen LogP contribution in [0.25, 0.3) is 5.69 Å². The molecule has 0 saturated carbocycles. The number of amides is 1. The zero-order valence-corrected chi connectivity index (χ0v) is 18.6. The number of benzene rings is 2. The van der Waals surface area contributed by atoms with Gasteiger partial charge in [-0.3, -0.25) is 14.9 Å². The predicted molar refractivity (Wildman–Crippen MR) is 124 cm³/mol. The van der Waals surface area contributed by atoms with Gasteiger partial charge in [0.05, 0.1) is 28.1 Å². The first-order valence-electron chi connectivity index (χ1n) is 10.8. The van der Waals surface area contributed by atoms with E-state index >= 15 is 0 Å². The maximum absolute atomic E-state index is 13.4. The van der Waals surface area contributed by atoms with Gasteiger partial charge in [0, 0.05) is 44.0 Å². The van der Waals surface area contributed by atoms with Gasteiger partial charge in [-0.1, -0.05) is 37.6 Å². The molecule has 0 atom stereocenters. The van der Waals surface area contributed by atoms with E-state index in [1.165, 1.54) is 11.6 Å². The monoisotopic (exact) mass is 433 g/mol. The van der Waals surface area contributed by atoms with Crippen molar-refractivity contribution in [2.24, 2.45) is 0 Å². The molecule has 8 heteroatoms. The van der Waals surface area contributed by atoms with E-state index in [1.54, 1.807) is 18.3 Å². The van der Waals surface area contributed by atoms with Crippen molar-refractivity contribution in [3.63, 3.8) is 0 Å². The summed E-state index contributed by atoms with van der Waals surface area (Å²) < 4.78 is 1.86. The molecule has 3 aromatic rings. The highest BCUT2D eigenvalue weighted by atomic mass is 16.6. The van der Waals surface area contributed by atoms with Crippen LogP contribution < -0.4 is 4.90 Å². The molecule has 1 fully saturated rings. The number of aryl methyl sites for hydroxylation is 1. The lowest BCUT2D eigenvalue weighted by Gasteiger charge is -2.36. The maximum atomic E-state index is 13.4. The smallest absolute Gasteiger partial charge is 0.271 e. The Morgan fingerprint density at radius 1 is 1.03 bits per heavy atom. The molecule has 0 unspecified atom stereocenters. The van der Waals surface area contributed by atoms with E-state index < -0.39 is 0 Å². The van der Waals surface area contributed by atoms with Gasteiger partial charge in [-0.05, 0) is 31.0 Å². The van der Waals surface area contributed by atoms with Crippen molar-refractivity contribution >= 4 is 17.3 Å². The highest BCUT2D eigenvalue weighted by molar-refractivity contribution is 5.95. The molecule has 1 aliphatic rings. The number of nitrogens with zero attached hydrogens (tertiary/aromatic N) is 5. The van der Waals surface area contributed by atoms with Crippen LogP contribution in [0.2, 0.25) is 0 Å². The molecule has 0 N–H and O–H groups in total. The molecule has 0 spiro atoms. The second-order valence-corrected chi connectivity index (χ2v) is 8.40. The van der Waals surface area contributed by atoms with Crippen molar-refractivity contribution in [2.45, 2.75) is 26.7 Å². The fourth-order valence-corrected chi connectivity index (χ4v) is 4.11. The van der Waals surface area contributed by atoms with Gasteiger partial charge < -0.3 is 9.80 Å². The van der Waals surface area contributed by atoms with Crippen molar-refractivity contribution in [1.82, 2.24) is 14.7 Å². The lowest BCUT2D eigenvalue weighted by molar-refractivity contribution is -0.384. The third-order valence-electron chi connectivity index (χ3n) is 5.83. The van der Waals surface area contributed by atoms with Crippen LogP contribution >= 0.6 is 0 Å². The number of non-ortho nitro benzene ring substituents is 1. The van der Waals surface area contributed by atoms with Crippen molar-refractivity contribution in [2.75, 3.05) is 31.1 Å². The topological polar surface area (TPSA) is 84.5 Å². The minimum absolute atomic E-state index is 0.0225. The normalized spacial score (nSPS) is 14.1. The summed E-state index contributed by atoms with van der Waals surface area (Å²) in [5, 5.41) is 15.6. The molecule has 166 valence electrons. The van der Waals surface area contributed by atoms with E-state index in [0.29, 0.717) is 31.7 Å². The molecule has 0 aliphatic carbocycles. The third-order valence-corrected chi connectivity index (χ3v) is 5.83. The molecule has 2 heterocycles. The summed E-state index contributed by atoms with van der Waals surface area (Å²) in [7, 11) is 0. The Morgan fingerprint density at radius 2 is 1.72 bits per heavy atom. The van der Waals surface area contributed by atoms with Crippen LogP contribution in [0, 0.1) is 17.0 Å². The highest BCUT2D eigenvalue weighted by Gasteiger charge is 2.28. The van der Waals surface area contributed by atoms with E-state index in [-0.39, 0.29) is 22.4 Å². The largest absolute Gasteiger partial charge is 0.368 e. The van der Waals surface area contributed by atoms with Gasteiger partial charge >= 0.3 is 0 Å². The quantitative estimate of drug-likeness (QED) is 0.445. The molecule has 0 bridgehead atoms. The van der Waals surface area contributed by atoms with E-state index in [4.69, 9.17) is 0 Å². The van der Waals surface area contributed by atoms with E-state index in [0.717, 1.165) is 17.1 Å². The van der Waals surface area contributed by atoms with Crippen molar-refractivity contribution < 1.29 is 9.72 Å². The number of hydrogen-bond acceptors (Lipinski definition) is 5. The predicted octanol–water partition coefficient (Wildman–Crippen LogP) is 4.17. The molecule has 2 aromatic carbocycles. The average Bonchev–Trinajstić information content (AvgIpc) is 3.25. The second-order valence-electron chi connectivity index (χ2n) is 8.40. The molecule has 1 saturated heterocycles. The molecular formula is C24H27N5O3. The van der Waals surface area contributed by atoms with Crippen LogP contribution in [0.15, 0.2) is 54.7 Å². The molecule has 0 radical (unpaired) electrons. The average molecular weight is 434 g/mol. The Morgan fingerprint density at radius 3 is 2.34 bits per heavy atom. The van der Waals surface area contributed by atoms with Gasteiger partial charge in [-0.25, -0.2) is 4.68 Å². The van der Waals surface area contributed by atoms with Gasteiger partial charge in [0.15, 0.2) is 0 Å². The Hall–Kier alpha value is -3.68. The molecule has 4 rings (SSSR count). The molecule has 1 amide bonds. The number of anilines is 1. The van der Waals surface area contributed by atoms with Crippen molar-refractivity contribution in [3.8, 4) is 5.69 Å². The summed E-state index contributed by atoms with van der Waals surface area (Å²) in [6, 6.07) is 14.7. The lowest BCUT2D eigenvalue weighted by Crippen LogP contribution is -2.49. The van der Waals surface area contributed by atoms with E-state index in [9.17, 15) is 14.9 Å². The van der Waals surface area contributed by atoms with Crippen LogP contribution in [-0.4, -0.2) is 51.7 Å².